The topological polar surface area (TPSA) is 79.5 Å². The van der Waals surface area contributed by atoms with Crippen molar-refractivity contribution in [1.29, 1.82) is 0 Å². The smallest absolute Gasteiger partial charge is 0.337 e. The van der Waals surface area contributed by atoms with Crippen molar-refractivity contribution < 1.29 is 14.3 Å². The van der Waals surface area contributed by atoms with Gasteiger partial charge in [-0.25, -0.2) is 4.79 Å². The summed E-state index contributed by atoms with van der Waals surface area (Å²) in [6.45, 7) is 7.85. The largest absolute Gasteiger partial charge is 0.465 e. The predicted molar refractivity (Wildman–Crippen MR) is 120 cm³/mol. The number of thiocarbonyl (C=S) groups is 1. The molecule has 0 heterocycles. The Morgan fingerprint density at radius 2 is 1.62 bits per heavy atom. The van der Waals surface area contributed by atoms with Crippen molar-refractivity contribution >= 4 is 40.6 Å². The molecule has 7 heteroatoms. The van der Waals surface area contributed by atoms with Gasteiger partial charge < -0.3 is 20.7 Å². The summed E-state index contributed by atoms with van der Waals surface area (Å²) < 4.78 is 4.69. The summed E-state index contributed by atoms with van der Waals surface area (Å²) in [7, 11) is 1.34. The van der Waals surface area contributed by atoms with Gasteiger partial charge in [-0.2, -0.15) is 0 Å². The highest BCUT2D eigenvalue weighted by Gasteiger charge is 2.32. The fraction of sp³-hybridized carbons (Fsp3) is 0.318. The number of carbonyl (C=O) groups is 2. The third kappa shape index (κ3) is 6.29. The molecule has 29 heavy (non-hydrogen) atoms. The van der Waals surface area contributed by atoms with Crippen LogP contribution in [0.15, 0.2) is 48.5 Å². The van der Waals surface area contributed by atoms with E-state index in [9.17, 15) is 9.59 Å². The van der Waals surface area contributed by atoms with Crippen LogP contribution in [-0.2, 0) is 9.53 Å². The van der Waals surface area contributed by atoms with Crippen LogP contribution in [0.2, 0.25) is 0 Å². The Kier molecular flexibility index (Phi) is 7.34. The molecule has 2 aromatic carbocycles. The second kappa shape index (κ2) is 9.52. The van der Waals surface area contributed by atoms with Crippen molar-refractivity contribution in [2.24, 2.45) is 5.41 Å². The van der Waals surface area contributed by atoms with E-state index in [2.05, 4.69) is 20.7 Å². The molecule has 1 atom stereocenters. The maximum atomic E-state index is 12.9. The van der Waals surface area contributed by atoms with Crippen molar-refractivity contribution in [1.82, 2.24) is 5.32 Å². The van der Waals surface area contributed by atoms with E-state index in [1.807, 2.05) is 52.0 Å². The van der Waals surface area contributed by atoms with E-state index in [0.717, 1.165) is 11.3 Å². The second-order valence-corrected chi connectivity index (χ2v) is 8.18. The van der Waals surface area contributed by atoms with Crippen LogP contribution in [-0.4, -0.2) is 30.1 Å². The maximum absolute atomic E-state index is 12.9. The summed E-state index contributed by atoms with van der Waals surface area (Å²) in [6, 6.07) is 13.8. The van der Waals surface area contributed by atoms with Gasteiger partial charge in [0.15, 0.2) is 5.11 Å². The number of anilines is 2. The van der Waals surface area contributed by atoms with Gasteiger partial charge >= 0.3 is 5.97 Å². The van der Waals surface area contributed by atoms with Crippen LogP contribution in [0.25, 0.3) is 0 Å². The summed E-state index contributed by atoms with van der Waals surface area (Å²) in [5, 5.41) is 9.44. The van der Waals surface area contributed by atoms with Crippen LogP contribution in [0.3, 0.4) is 0 Å². The molecule has 0 saturated heterocycles. The van der Waals surface area contributed by atoms with Crippen molar-refractivity contribution in [2.45, 2.75) is 33.7 Å². The van der Waals surface area contributed by atoms with Crippen LogP contribution < -0.4 is 16.0 Å². The Hall–Kier alpha value is -2.93. The molecular weight excluding hydrogens is 386 g/mol. The summed E-state index contributed by atoms with van der Waals surface area (Å²) in [5.74, 6) is -0.574. The number of rotatable bonds is 5. The van der Waals surface area contributed by atoms with Crippen LogP contribution in [0.5, 0.6) is 0 Å². The van der Waals surface area contributed by atoms with E-state index < -0.39 is 12.0 Å². The molecule has 2 rings (SSSR count). The molecule has 0 aromatic heterocycles. The SMILES string of the molecule is COC(=O)c1ccc(NC(=S)NC(C(=O)Nc2ccccc2C)C(C)(C)C)cc1. The highest BCUT2D eigenvalue weighted by Crippen LogP contribution is 2.22. The monoisotopic (exact) mass is 413 g/mol. The molecular formula is C22H27N3O3S. The maximum Gasteiger partial charge on any atom is 0.337 e. The third-order valence-corrected chi connectivity index (χ3v) is 4.59. The Bertz CT molecular complexity index is 889. The lowest BCUT2D eigenvalue weighted by Crippen LogP contribution is -2.52. The summed E-state index contributed by atoms with van der Waals surface area (Å²) in [6.07, 6.45) is 0. The third-order valence-electron chi connectivity index (χ3n) is 4.37. The second-order valence-electron chi connectivity index (χ2n) is 7.77. The van der Waals surface area contributed by atoms with E-state index in [4.69, 9.17) is 12.2 Å². The number of benzene rings is 2. The molecule has 1 amide bonds. The average Bonchev–Trinajstić information content (AvgIpc) is 2.67. The minimum atomic E-state index is -0.559. The van der Waals surface area contributed by atoms with Gasteiger partial charge in [-0.1, -0.05) is 39.0 Å². The highest BCUT2D eigenvalue weighted by molar-refractivity contribution is 7.80. The van der Waals surface area contributed by atoms with E-state index >= 15 is 0 Å². The molecule has 154 valence electrons. The first kappa shape index (κ1) is 22.4. The van der Waals surface area contributed by atoms with E-state index in [1.54, 1.807) is 24.3 Å². The summed E-state index contributed by atoms with van der Waals surface area (Å²) in [5.41, 5.74) is 2.52. The molecule has 1 unspecified atom stereocenters. The van der Waals surface area contributed by atoms with Gasteiger partial charge in [0.2, 0.25) is 5.91 Å². The molecule has 0 saturated carbocycles. The first-order valence-electron chi connectivity index (χ1n) is 9.24. The molecule has 6 nitrogen and oxygen atoms in total. The number of esters is 1. The number of amides is 1. The number of para-hydroxylation sites is 1. The Morgan fingerprint density at radius 3 is 2.17 bits per heavy atom. The van der Waals surface area contributed by atoms with E-state index in [0.29, 0.717) is 16.4 Å². The van der Waals surface area contributed by atoms with E-state index in [1.165, 1.54) is 7.11 Å². The normalized spacial score (nSPS) is 11.9. The average molecular weight is 414 g/mol. The fourth-order valence-corrected chi connectivity index (χ4v) is 2.93. The number of hydrogen-bond acceptors (Lipinski definition) is 4. The molecule has 0 aliphatic carbocycles. The number of hydrogen-bond donors (Lipinski definition) is 3. The molecule has 0 aliphatic heterocycles. The minimum Gasteiger partial charge on any atom is -0.465 e. The van der Waals surface area contributed by atoms with Gasteiger partial charge in [0.25, 0.3) is 0 Å². The Labute approximate surface area is 177 Å². The van der Waals surface area contributed by atoms with Crippen LogP contribution in [0.1, 0.15) is 36.7 Å². The van der Waals surface area contributed by atoms with Gasteiger partial charge in [-0.05, 0) is 60.5 Å². The van der Waals surface area contributed by atoms with Gasteiger partial charge in [0, 0.05) is 11.4 Å². The number of carbonyl (C=O) groups excluding carboxylic acids is 2. The number of ether oxygens (including phenoxy) is 1. The van der Waals surface area contributed by atoms with E-state index in [-0.39, 0.29) is 11.3 Å². The zero-order valence-electron chi connectivity index (χ0n) is 17.3. The van der Waals surface area contributed by atoms with Gasteiger partial charge in [0.05, 0.1) is 12.7 Å². The zero-order chi connectivity index (χ0) is 21.6. The molecule has 2 aromatic rings. The summed E-state index contributed by atoms with van der Waals surface area (Å²) >= 11 is 5.40. The van der Waals surface area contributed by atoms with Gasteiger partial charge in [-0.15, -0.1) is 0 Å². The van der Waals surface area contributed by atoms with Crippen molar-refractivity contribution in [2.75, 3.05) is 17.7 Å². The zero-order valence-corrected chi connectivity index (χ0v) is 18.1. The number of aryl methyl sites for hydroxylation is 1. The predicted octanol–water partition coefficient (Wildman–Crippen LogP) is 4.12. The fourth-order valence-electron chi connectivity index (χ4n) is 2.70. The minimum absolute atomic E-state index is 0.169. The van der Waals surface area contributed by atoms with Crippen LogP contribution in [0.4, 0.5) is 11.4 Å². The van der Waals surface area contributed by atoms with Crippen LogP contribution in [0, 0.1) is 12.3 Å². The standard InChI is InChI=1S/C22H27N3O3S/c1-14-8-6-7-9-17(14)24-19(26)18(22(2,3)4)25-21(29)23-16-12-10-15(11-13-16)20(27)28-5/h6-13,18H,1-5H3,(H,24,26)(H2,23,25,29). The Morgan fingerprint density at radius 1 is 1.00 bits per heavy atom. The first-order chi connectivity index (χ1) is 13.6. The molecule has 0 aliphatic rings. The van der Waals surface area contributed by atoms with Gasteiger partial charge in [0.1, 0.15) is 6.04 Å². The number of methoxy groups -OCH3 is 1. The molecule has 3 N–H and O–H groups in total. The summed E-state index contributed by atoms with van der Waals surface area (Å²) in [4.78, 5) is 24.5. The van der Waals surface area contributed by atoms with Crippen molar-refractivity contribution in [3.05, 3.63) is 59.7 Å². The molecule has 0 fully saturated rings. The Balaban J connectivity index is 2.07. The lowest BCUT2D eigenvalue weighted by Gasteiger charge is -2.31. The molecule has 0 bridgehead atoms. The highest BCUT2D eigenvalue weighted by atomic mass is 32.1. The quantitative estimate of drug-likeness (QED) is 0.505. The lowest BCUT2D eigenvalue weighted by molar-refractivity contribution is -0.120. The number of nitrogens with one attached hydrogen (secondary N) is 3. The van der Waals surface area contributed by atoms with Crippen molar-refractivity contribution in [3.63, 3.8) is 0 Å². The van der Waals surface area contributed by atoms with Crippen LogP contribution >= 0.6 is 12.2 Å². The van der Waals surface area contributed by atoms with Crippen molar-refractivity contribution in [3.8, 4) is 0 Å². The molecule has 0 spiro atoms. The van der Waals surface area contributed by atoms with Gasteiger partial charge in [-0.3, -0.25) is 4.79 Å². The molecule has 0 radical (unpaired) electrons. The lowest BCUT2D eigenvalue weighted by atomic mass is 9.86. The first-order valence-corrected chi connectivity index (χ1v) is 9.65.